The third-order valence-electron chi connectivity index (χ3n) is 6.47. The predicted molar refractivity (Wildman–Crippen MR) is 130 cm³/mol. The molecule has 1 aromatic carbocycles. The molecule has 2 aromatic heterocycles. The number of piperidine rings is 1. The van der Waals surface area contributed by atoms with Crippen molar-refractivity contribution in [3.8, 4) is 11.3 Å². The summed E-state index contributed by atoms with van der Waals surface area (Å²) in [6.07, 6.45) is 5.43. The summed E-state index contributed by atoms with van der Waals surface area (Å²) >= 11 is 6.14. The number of anilines is 2. The molecular weight excluding hydrogens is 436 g/mol. The Bertz CT molecular complexity index is 1090. The maximum absolute atomic E-state index is 13.3. The molecule has 1 unspecified atom stereocenters. The fourth-order valence-corrected chi connectivity index (χ4v) is 4.85. The molecule has 0 N–H and O–H groups in total. The Morgan fingerprint density at radius 1 is 0.939 bits per heavy atom. The van der Waals surface area contributed by atoms with Crippen LogP contribution in [0.25, 0.3) is 11.3 Å². The van der Waals surface area contributed by atoms with Gasteiger partial charge in [-0.15, -0.1) is 10.2 Å². The third kappa shape index (κ3) is 4.93. The van der Waals surface area contributed by atoms with Crippen LogP contribution in [0.2, 0.25) is 5.02 Å². The lowest BCUT2D eigenvalue weighted by molar-refractivity contribution is -0.136. The van der Waals surface area contributed by atoms with Crippen molar-refractivity contribution in [3.63, 3.8) is 0 Å². The van der Waals surface area contributed by atoms with Gasteiger partial charge in [-0.25, -0.2) is 0 Å². The first kappa shape index (κ1) is 21.6. The van der Waals surface area contributed by atoms with Gasteiger partial charge >= 0.3 is 0 Å². The highest BCUT2D eigenvalue weighted by Gasteiger charge is 2.31. The largest absolute Gasteiger partial charge is 0.368 e. The third-order valence-corrected chi connectivity index (χ3v) is 6.70. The molecule has 2 aliphatic heterocycles. The van der Waals surface area contributed by atoms with Crippen molar-refractivity contribution >= 4 is 29.0 Å². The standard InChI is InChI=1S/C25H27ClN6O/c26-21-6-1-7-22(16-21)30-12-14-31(15-13-30)25(33)20-5-3-11-32(18-20)24-9-8-23(28-29-24)19-4-2-10-27-17-19/h1-2,4,6-10,16-17,20H,3,5,11-15,18H2. The van der Waals surface area contributed by atoms with E-state index in [1.165, 1.54) is 0 Å². The van der Waals surface area contributed by atoms with Crippen molar-refractivity contribution < 1.29 is 4.79 Å². The molecule has 0 bridgehead atoms. The minimum absolute atomic E-state index is 0.00345. The molecule has 2 saturated heterocycles. The van der Waals surface area contributed by atoms with Crippen LogP contribution in [0.15, 0.2) is 60.9 Å². The zero-order chi connectivity index (χ0) is 22.6. The van der Waals surface area contributed by atoms with E-state index in [4.69, 9.17) is 11.6 Å². The number of aromatic nitrogens is 3. The zero-order valence-electron chi connectivity index (χ0n) is 18.5. The molecule has 3 aromatic rings. The van der Waals surface area contributed by atoms with Crippen molar-refractivity contribution in [1.29, 1.82) is 0 Å². The second-order valence-corrected chi connectivity index (χ2v) is 9.03. The van der Waals surface area contributed by atoms with Gasteiger partial charge in [0.05, 0.1) is 11.6 Å². The predicted octanol–water partition coefficient (Wildman–Crippen LogP) is 3.76. The first-order valence-electron chi connectivity index (χ1n) is 11.5. The number of pyridine rings is 1. The van der Waals surface area contributed by atoms with Crippen LogP contribution in [0.5, 0.6) is 0 Å². The number of amides is 1. The first-order chi connectivity index (χ1) is 16.2. The molecule has 1 atom stereocenters. The molecule has 33 heavy (non-hydrogen) atoms. The summed E-state index contributed by atoms with van der Waals surface area (Å²) in [6, 6.07) is 15.7. The molecule has 8 heteroatoms. The van der Waals surface area contributed by atoms with Gasteiger partial charge in [0.2, 0.25) is 5.91 Å². The van der Waals surface area contributed by atoms with E-state index in [-0.39, 0.29) is 11.8 Å². The van der Waals surface area contributed by atoms with E-state index in [1.807, 2.05) is 47.4 Å². The molecule has 1 amide bonds. The smallest absolute Gasteiger partial charge is 0.227 e. The average Bonchev–Trinajstić information content (AvgIpc) is 2.89. The van der Waals surface area contributed by atoms with E-state index in [0.29, 0.717) is 6.54 Å². The molecule has 0 spiro atoms. The number of nitrogens with zero attached hydrogens (tertiary/aromatic N) is 6. The number of hydrogen-bond acceptors (Lipinski definition) is 6. The summed E-state index contributed by atoms with van der Waals surface area (Å²) in [4.78, 5) is 23.9. The number of benzene rings is 1. The second-order valence-electron chi connectivity index (χ2n) is 8.60. The van der Waals surface area contributed by atoms with Gasteiger partial charge in [-0.05, 0) is 55.3 Å². The monoisotopic (exact) mass is 462 g/mol. The number of piperazine rings is 1. The van der Waals surface area contributed by atoms with E-state index in [9.17, 15) is 4.79 Å². The van der Waals surface area contributed by atoms with E-state index in [0.717, 1.165) is 73.4 Å². The van der Waals surface area contributed by atoms with Gasteiger partial charge < -0.3 is 14.7 Å². The quantitative estimate of drug-likeness (QED) is 0.588. The van der Waals surface area contributed by atoms with E-state index in [1.54, 1.807) is 12.4 Å². The Morgan fingerprint density at radius 2 is 1.82 bits per heavy atom. The van der Waals surface area contributed by atoms with E-state index in [2.05, 4.69) is 31.0 Å². The van der Waals surface area contributed by atoms with Crippen molar-refractivity contribution in [1.82, 2.24) is 20.1 Å². The normalized spacial score (nSPS) is 18.9. The van der Waals surface area contributed by atoms with Crippen LogP contribution in [0.1, 0.15) is 12.8 Å². The van der Waals surface area contributed by atoms with Gasteiger partial charge in [0.15, 0.2) is 5.82 Å². The number of carbonyl (C=O) groups excluding carboxylic acids is 1. The lowest BCUT2D eigenvalue weighted by Gasteiger charge is -2.40. The number of halogens is 1. The van der Waals surface area contributed by atoms with Gasteiger partial charge in [0.1, 0.15) is 0 Å². The molecule has 0 saturated carbocycles. The maximum Gasteiger partial charge on any atom is 0.227 e. The Labute approximate surface area is 199 Å². The Hall–Kier alpha value is -3.19. The van der Waals surface area contributed by atoms with Gasteiger partial charge in [-0.3, -0.25) is 9.78 Å². The maximum atomic E-state index is 13.3. The van der Waals surface area contributed by atoms with Crippen molar-refractivity contribution in [2.24, 2.45) is 5.92 Å². The Kier molecular flexibility index (Phi) is 6.39. The average molecular weight is 463 g/mol. The van der Waals surface area contributed by atoms with Gasteiger partial charge in [-0.1, -0.05) is 17.7 Å². The molecule has 0 radical (unpaired) electrons. The van der Waals surface area contributed by atoms with Crippen LogP contribution in [-0.2, 0) is 4.79 Å². The Balaban J connectivity index is 1.19. The summed E-state index contributed by atoms with van der Waals surface area (Å²) in [7, 11) is 0. The Morgan fingerprint density at radius 3 is 2.55 bits per heavy atom. The van der Waals surface area contributed by atoms with Crippen molar-refractivity contribution in [2.75, 3.05) is 49.1 Å². The summed E-state index contributed by atoms with van der Waals surface area (Å²) in [6.45, 7) is 4.71. The van der Waals surface area contributed by atoms with Gasteiger partial charge in [0.25, 0.3) is 0 Å². The molecular formula is C25H27ClN6O. The molecule has 2 fully saturated rings. The van der Waals surface area contributed by atoms with Crippen LogP contribution in [-0.4, -0.2) is 65.3 Å². The zero-order valence-corrected chi connectivity index (χ0v) is 19.2. The van der Waals surface area contributed by atoms with Crippen LogP contribution < -0.4 is 9.80 Å². The summed E-state index contributed by atoms with van der Waals surface area (Å²) in [5.41, 5.74) is 2.86. The fraction of sp³-hybridized carbons (Fsp3) is 0.360. The lowest BCUT2D eigenvalue weighted by atomic mass is 9.96. The van der Waals surface area contributed by atoms with Crippen molar-refractivity contribution in [3.05, 3.63) is 65.9 Å². The molecule has 5 rings (SSSR count). The lowest BCUT2D eigenvalue weighted by Crippen LogP contribution is -2.52. The van der Waals surface area contributed by atoms with Crippen LogP contribution >= 0.6 is 11.6 Å². The van der Waals surface area contributed by atoms with Gasteiger partial charge in [0, 0.05) is 67.9 Å². The highest BCUT2D eigenvalue weighted by molar-refractivity contribution is 6.30. The van der Waals surface area contributed by atoms with E-state index >= 15 is 0 Å². The number of carbonyl (C=O) groups is 1. The summed E-state index contributed by atoms with van der Waals surface area (Å²) < 4.78 is 0. The first-order valence-corrected chi connectivity index (χ1v) is 11.8. The molecule has 7 nitrogen and oxygen atoms in total. The van der Waals surface area contributed by atoms with Gasteiger partial charge in [-0.2, -0.15) is 0 Å². The summed E-state index contributed by atoms with van der Waals surface area (Å²) in [5.74, 6) is 1.08. The van der Waals surface area contributed by atoms with E-state index < -0.39 is 0 Å². The number of hydrogen-bond donors (Lipinski definition) is 0. The van der Waals surface area contributed by atoms with Crippen molar-refractivity contribution in [2.45, 2.75) is 12.8 Å². The topological polar surface area (TPSA) is 65.5 Å². The summed E-state index contributed by atoms with van der Waals surface area (Å²) in [5, 5.41) is 9.57. The molecule has 2 aliphatic rings. The number of rotatable bonds is 4. The highest BCUT2D eigenvalue weighted by atomic mass is 35.5. The van der Waals surface area contributed by atoms with Crippen LogP contribution in [0.3, 0.4) is 0 Å². The van der Waals surface area contributed by atoms with Crippen LogP contribution in [0, 0.1) is 5.92 Å². The molecule has 4 heterocycles. The minimum Gasteiger partial charge on any atom is -0.368 e. The SMILES string of the molecule is O=C(C1CCCN(c2ccc(-c3cccnc3)nn2)C1)N1CCN(c2cccc(Cl)c2)CC1. The minimum atomic E-state index is -0.00345. The fourth-order valence-electron chi connectivity index (χ4n) is 4.66. The molecule has 0 aliphatic carbocycles. The molecule has 170 valence electrons. The highest BCUT2D eigenvalue weighted by Crippen LogP contribution is 2.26. The van der Waals surface area contributed by atoms with Crippen LogP contribution in [0.4, 0.5) is 11.5 Å². The second kappa shape index (κ2) is 9.75.